The maximum atomic E-state index is 11.4. The molecule has 7 heteroatoms. The van der Waals surface area contributed by atoms with E-state index in [1.807, 2.05) is 48.5 Å². The van der Waals surface area contributed by atoms with Crippen molar-refractivity contribution in [1.82, 2.24) is 0 Å². The smallest absolute Gasteiger partial charge is 0.484 e. The first-order valence-corrected chi connectivity index (χ1v) is 8.32. The predicted molar refractivity (Wildman–Crippen MR) is 94.0 cm³/mol. The summed E-state index contributed by atoms with van der Waals surface area (Å²) in [6.45, 7) is 13.6. The summed E-state index contributed by atoms with van der Waals surface area (Å²) in [7, 11) is -0.569. The van der Waals surface area contributed by atoms with Crippen LogP contribution in [0.25, 0.3) is 0 Å². The molecular formula is C17H26BNO5. The number of ether oxygens (including phenoxy) is 1. The maximum absolute atomic E-state index is 11.4. The minimum absolute atomic E-state index is 0.0270. The Hall–Kier alpha value is -1.60. The number of nitro groups is 1. The fraction of sp³-hybridized carbons (Fsp3) is 0.647. The Morgan fingerprint density at radius 1 is 1.21 bits per heavy atom. The molecule has 1 fully saturated rings. The molecule has 0 bridgehead atoms. The standard InChI is InChI=1S/C17H26BNO5/c1-8-12-9-14(19(20)21)15(22-11(2)3)10-13(12)18-23-16(4,5)17(6,7)24-18/h9-11H,8H2,1-7H3. The normalized spacial score (nSPS) is 18.9. The van der Waals surface area contributed by atoms with E-state index in [0.717, 1.165) is 11.0 Å². The van der Waals surface area contributed by atoms with Gasteiger partial charge in [0.15, 0.2) is 5.75 Å². The van der Waals surface area contributed by atoms with Crippen LogP contribution in [0.15, 0.2) is 12.1 Å². The molecule has 0 N–H and O–H groups in total. The quantitative estimate of drug-likeness (QED) is 0.469. The third-order valence-electron chi connectivity index (χ3n) is 4.67. The Kier molecular flexibility index (Phi) is 4.97. The summed E-state index contributed by atoms with van der Waals surface area (Å²) < 4.78 is 17.9. The largest absolute Gasteiger partial charge is 0.495 e. The van der Waals surface area contributed by atoms with Gasteiger partial charge >= 0.3 is 12.8 Å². The molecule has 2 rings (SSSR count). The van der Waals surface area contributed by atoms with Crippen molar-refractivity contribution in [2.24, 2.45) is 0 Å². The fourth-order valence-corrected chi connectivity index (χ4v) is 2.61. The third-order valence-corrected chi connectivity index (χ3v) is 4.67. The van der Waals surface area contributed by atoms with Crippen molar-refractivity contribution in [2.45, 2.75) is 72.2 Å². The van der Waals surface area contributed by atoms with Gasteiger partial charge in [-0.25, -0.2) is 0 Å². The molecule has 0 radical (unpaired) electrons. The molecule has 0 saturated carbocycles. The third kappa shape index (κ3) is 3.42. The topological polar surface area (TPSA) is 70.8 Å². The highest BCUT2D eigenvalue weighted by Gasteiger charge is 2.52. The lowest BCUT2D eigenvalue weighted by atomic mass is 9.75. The minimum atomic E-state index is -0.569. The molecule has 132 valence electrons. The molecule has 0 unspecified atom stereocenters. The Morgan fingerprint density at radius 2 is 1.75 bits per heavy atom. The predicted octanol–water partition coefficient (Wildman–Crippen LogP) is 3.24. The molecule has 1 saturated heterocycles. The summed E-state index contributed by atoms with van der Waals surface area (Å²) in [6, 6.07) is 3.26. The van der Waals surface area contributed by atoms with Gasteiger partial charge in [-0.3, -0.25) is 10.1 Å². The fourth-order valence-electron chi connectivity index (χ4n) is 2.61. The Morgan fingerprint density at radius 3 is 2.17 bits per heavy atom. The van der Waals surface area contributed by atoms with E-state index in [4.69, 9.17) is 14.0 Å². The van der Waals surface area contributed by atoms with Crippen LogP contribution in [0.3, 0.4) is 0 Å². The molecule has 1 aliphatic rings. The van der Waals surface area contributed by atoms with Gasteiger partial charge < -0.3 is 14.0 Å². The van der Waals surface area contributed by atoms with Crippen LogP contribution in [0.5, 0.6) is 5.75 Å². The van der Waals surface area contributed by atoms with E-state index in [2.05, 4.69) is 0 Å². The lowest BCUT2D eigenvalue weighted by Gasteiger charge is -2.32. The zero-order valence-electron chi connectivity index (χ0n) is 15.5. The SMILES string of the molecule is CCc1cc([N+](=O)[O-])c(OC(C)C)cc1B1OC(C)(C)C(C)(C)O1. The van der Waals surface area contributed by atoms with Gasteiger partial charge in [0.1, 0.15) is 0 Å². The summed E-state index contributed by atoms with van der Waals surface area (Å²) >= 11 is 0. The van der Waals surface area contributed by atoms with E-state index >= 15 is 0 Å². The summed E-state index contributed by atoms with van der Waals surface area (Å²) in [4.78, 5) is 11.0. The van der Waals surface area contributed by atoms with Crippen LogP contribution in [0.4, 0.5) is 5.69 Å². The number of hydrogen-bond acceptors (Lipinski definition) is 5. The van der Waals surface area contributed by atoms with Gasteiger partial charge in [0, 0.05) is 6.07 Å². The highest BCUT2D eigenvalue weighted by molar-refractivity contribution is 6.62. The van der Waals surface area contributed by atoms with E-state index in [1.165, 1.54) is 0 Å². The number of rotatable bonds is 5. The minimum Gasteiger partial charge on any atom is -0.484 e. The first-order valence-electron chi connectivity index (χ1n) is 8.32. The van der Waals surface area contributed by atoms with Crippen molar-refractivity contribution in [2.75, 3.05) is 0 Å². The Bertz CT molecular complexity index is 626. The molecule has 0 aromatic heterocycles. The first-order chi connectivity index (χ1) is 11.0. The summed E-state index contributed by atoms with van der Waals surface area (Å²) in [5.41, 5.74) is 0.655. The summed E-state index contributed by atoms with van der Waals surface area (Å²) in [5, 5.41) is 11.4. The molecular weight excluding hydrogens is 309 g/mol. The van der Waals surface area contributed by atoms with E-state index < -0.39 is 23.2 Å². The number of nitrogens with zero attached hydrogens (tertiary/aromatic N) is 1. The van der Waals surface area contributed by atoms with Gasteiger partial charge in [-0.15, -0.1) is 0 Å². The van der Waals surface area contributed by atoms with Crippen molar-refractivity contribution in [1.29, 1.82) is 0 Å². The second kappa shape index (κ2) is 6.37. The van der Waals surface area contributed by atoms with E-state index in [-0.39, 0.29) is 17.5 Å². The summed E-state index contributed by atoms with van der Waals surface area (Å²) in [5.74, 6) is 0.247. The lowest BCUT2D eigenvalue weighted by Crippen LogP contribution is -2.41. The Balaban J connectivity index is 2.52. The van der Waals surface area contributed by atoms with Crippen LogP contribution < -0.4 is 10.2 Å². The van der Waals surface area contributed by atoms with Crippen LogP contribution in [-0.4, -0.2) is 29.3 Å². The second-order valence-electron chi connectivity index (χ2n) is 7.38. The average Bonchev–Trinajstić information content (AvgIpc) is 2.66. The van der Waals surface area contributed by atoms with Crippen molar-refractivity contribution in [3.05, 3.63) is 27.8 Å². The summed E-state index contributed by atoms with van der Waals surface area (Å²) in [6.07, 6.45) is 0.477. The van der Waals surface area contributed by atoms with Gasteiger partial charge in [0.2, 0.25) is 0 Å². The molecule has 1 heterocycles. The van der Waals surface area contributed by atoms with Crippen LogP contribution in [0.2, 0.25) is 0 Å². The maximum Gasteiger partial charge on any atom is 0.495 e. The molecule has 0 aliphatic carbocycles. The van der Waals surface area contributed by atoms with Gasteiger partial charge in [0.05, 0.1) is 22.2 Å². The zero-order chi connectivity index (χ0) is 18.3. The van der Waals surface area contributed by atoms with E-state index in [1.54, 1.807) is 12.1 Å². The van der Waals surface area contributed by atoms with Crippen LogP contribution in [0, 0.1) is 10.1 Å². The molecule has 1 aromatic carbocycles. The van der Waals surface area contributed by atoms with Crippen LogP contribution >= 0.6 is 0 Å². The Labute approximate surface area is 143 Å². The van der Waals surface area contributed by atoms with Crippen molar-refractivity contribution >= 4 is 18.3 Å². The molecule has 0 spiro atoms. The molecule has 0 atom stereocenters. The van der Waals surface area contributed by atoms with Gasteiger partial charge in [-0.05, 0) is 65.1 Å². The zero-order valence-corrected chi connectivity index (χ0v) is 15.5. The first kappa shape index (κ1) is 18.7. The highest BCUT2D eigenvalue weighted by Crippen LogP contribution is 2.38. The van der Waals surface area contributed by atoms with Crippen LogP contribution in [0.1, 0.15) is 54.0 Å². The van der Waals surface area contributed by atoms with Gasteiger partial charge in [-0.1, -0.05) is 6.92 Å². The molecule has 1 aliphatic heterocycles. The van der Waals surface area contributed by atoms with Crippen molar-refractivity contribution in [3.8, 4) is 5.75 Å². The molecule has 24 heavy (non-hydrogen) atoms. The monoisotopic (exact) mass is 335 g/mol. The van der Waals surface area contributed by atoms with Crippen LogP contribution in [-0.2, 0) is 15.7 Å². The second-order valence-corrected chi connectivity index (χ2v) is 7.38. The van der Waals surface area contributed by atoms with Crippen molar-refractivity contribution in [3.63, 3.8) is 0 Å². The van der Waals surface area contributed by atoms with Crippen molar-refractivity contribution < 1.29 is 19.0 Å². The molecule has 0 amide bonds. The number of hydrogen-bond donors (Lipinski definition) is 0. The van der Waals surface area contributed by atoms with E-state index in [0.29, 0.717) is 6.42 Å². The number of aryl methyl sites for hydroxylation is 1. The van der Waals surface area contributed by atoms with Gasteiger partial charge in [0.25, 0.3) is 0 Å². The highest BCUT2D eigenvalue weighted by atomic mass is 16.7. The average molecular weight is 335 g/mol. The number of benzene rings is 1. The van der Waals surface area contributed by atoms with E-state index in [9.17, 15) is 10.1 Å². The van der Waals surface area contributed by atoms with Gasteiger partial charge in [-0.2, -0.15) is 0 Å². The molecule has 6 nitrogen and oxygen atoms in total. The molecule has 1 aromatic rings. The number of nitro benzene ring substituents is 1. The lowest BCUT2D eigenvalue weighted by molar-refractivity contribution is -0.386.